The molecule has 0 N–H and O–H groups in total. The average Bonchev–Trinajstić information content (AvgIpc) is 3.88. The van der Waals surface area contributed by atoms with E-state index in [-0.39, 0.29) is 37.1 Å². The van der Waals surface area contributed by atoms with Gasteiger partial charge in [-0.15, -0.1) is 0 Å². The van der Waals surface area contributed by atoms with Gasteiger partial charge >= 0.3 is 304 Å². The monoisotopic (exact) mass is 868 g/mol. The van der Waals surface area contributed by atoms with Crippen molar-refractivity contribution in [3.63, 3.8) is 0 Å². The molecule has 6 rings (SSSR count). The van der Waals surface area contributed by atoms with E-state index in [9.17, 15) is 17.6 Å². The van der Waals surface area contributed by atoms with Gasteiger partial charge in [-0.05, 0) is 0 Å². The molecule has 2 nitrogen and oxygen atoms in total. The van der Waals surface area contributed by atoms with Gasteiger partial charge in [0.25, 0.3) is 0 Å². The van der Waals surface area contributed by atoms with E-state index in [1.54, 1.807) is 12.1 Å². The van der Waals surface area contributed by atoms with Gasteiger partial charge < -0.3 is 0 Å². The van der Waals surface area contributed by atoms with E-state index in [4.69, 9.17) is 9.47 Å². The van der Waals surface area contributed by atoms with E-state index in [0.717, 1.165) is 36.8 Å². The van der Waals surface area contributed by atoms with Crippen molar-refractivity contribution in [1.29, 1.82) is 0 Å². The summed E-state index contributed by atoms with van der Waals surface area (Å²) in [5.41, 5.74) is 4.10. The van der Waals surface area contributed by atoms with Crippen LogP contribution in [0.2, 0.25) is 0 Å². The van der Waals surface area contributed by atoms with Gasteiger partial charge in [-0.25, -0.2) is 0 Å². The second kappa shape index (κ2) is 21.7. The molecule has 0 saturated heterocycles. The zero-order chi connectivity index (χ0) is 39.0. The molecule has 0 aliphatic carbocycles. The van der Waals surface area contributed by atoms with Crippen molar-refractivity contribution in [2.75, 3.05) is 13.2 Å². The fourth-order valence-electron chi connectivity index (χ4n) is 5.46. The molecule has 8 heteroatoms. The molecule has 0 saturated carbocycles. The molecule has 54 heavy (non-hydrogen) atoms. The zero-order valence-electron chi connectivity index (χ0n) is 31.8. The van der Waals surface area contributed by atoms with Crippen LogP contribution in [0, 0.1) is 23.3 Å². The Labute approximate surface area is 330 Å². The van der Waals surface area contributed by atoms with Crippen LogP contribution in [0.5, 0.6) is 11.5 Å². The first-order chi connectivity index (χ1) is 26.3. The summed E-state index contributed by atoms with van der Waals surface area (Å²) in [7, 11) is 0. The van der Waals surface area contributed by atoms with Crippen molar-refractivity contribution in [1.82, 2.24) is 0 Å². The summed E-state index contributed by atoms with van der Waals surface area (Å²) in [6, 6.07) is 30.1. The molecule has 0 amide bonds. The van der Waals surface area contributed by atoms with Gasteiger partial charge in [-0.3, -0.25) is 0 Å². The molecular formula is C46H48F4O2Se2. The summed E-state index contributed by atoms with van der Waals surface area (Å²) in [4.78, 5) is 0. The predicted molar refractivity (Wildman–Crippen MR) is 220 cm³/mol. The van der Waals surface area contributed by atoms with Gasteiger partial charge in [0.05, 0.1) is 0 Å². The van der Waals surface area contributed by atoms with Crippen LogP contribution in [0.4, 0.5) is 17.6 Å². The van der Waals surface area contributed by atoms with Crippen LogP contribution in [0.25, 0.3) is 48.3 Å². The van der Waals surface area contributed by atoms with E-state index in [0.29, 0.717) is 38.8 Å². The van der Waals surface area contributed by atoms with Gasteiger partial charge in [-0.1, -0.05) is 27.7 Å². The molecular weight excluding hydrogens is 818 g/mol. The number of rotatable bonds is 13. The van der Waals surface area contributed by atoms with Crippen LogP contribution < -0.4 is 9.47 Å². The van der Waals surface area contributed by atoms with Crippen molar-refractivity contribution in [3.8, 4) is 53.8 Å². The molecule has 284 valence electrons. The predicted octanol–water partition coefficient (Wildman–Crippen LogP) is 13.3. The number of ether oxygens (including phenoxy) is 2. The van der Waals surface area contributed by atoms with Crippen LogP contribution in [0.15, 0.2) is 103 Å². The Morgan fingerprint density at radius 1 is 0.500 bits per heavy atom. The standard InChI is InChI=1S/C22H22F2OSe.C22H20F2OSe.C2H6/c2*1-3-5-17-10-13-20(26-17)16-8-6-15(7-9-16)18-11-12-19(25-14-4-2)22(24)21(18)23;1-2/h6-13H,3-5,14H2,1-2H3;3,5-13H,4,14H2,1-2H3;1-2H3/b;5-3+;. The minimum absolute atomic E-state index is 0.0296. The first-order valence-electron chi connectivity index (χ1n) is 18.5. The quantitative estimate of drug-likeness (QED) is 0.0850. The van der Waals surface area contributed by atoms with Crippen LogP contribution in [0.3, 0.4) is 0 Å². The Bertz CT molecular complexity index is 2080. The Balaban J connectivity index is 0.000000230. The maximum absolute atomic E-state index is 14.4. The van der Waals surface area contributed by atoms with E-state index in [1.807, 2.05) is 89.2 Å². The molecule has 0 fully saturated rings. The molecule has 0 spiro atoms. The molecule has 0 unspecified atom stereocenters. The summed E-state index contributed by atoms with van der Waals surface area (Å²) >= 11 is 0.650. The summed E-state index contributed by atoms with van der Waals surface area (Å²) < 4.78 is 73.2. The number of hydrogen-bond acceptors (Lipinski definition) is 2. The molecule has 0 radical (unpaired) electrons. The van der Waals surface area contributed by atoms with Gasteiger partial charge in [0.1, 0.15) is 0 Å². The van der Waals surface area contributed by atoms with Crippen LogP contribution in [0.1, 0.15) is 69.7 Å². The third-order valence-corrected chi connectivity index (χ3v) is 12.9. The second-order valence-corrected chi connectivity index (χ2v) is 16.8. The molecule has 2 aromatic heterocycles. The van der Waals surface area contributed by atoms with Gasteiger partial charge in [0.15, 0.2) is 0 Å². The topological polar surface area (TPSA) is 18.5 Å². The first-order valence-corrected chi connectivity index (χ1v) is 21.9. The summed E-state index contributed by atoms with van der Waals surface area (Å²) in [6.07, 6.45) is 7.96. The second-order valence-electron chi connectivity index (χ2n) is 12.0. The molecule has 2 heterocycles. The minimum atomic E-state index is -0.929. The number of halogens is 4. The Morgan fingerprint density at radius 2 is 0.944 bits per heavy atom. The van der Waals surface area contributed by atoms with E-state index < -0.39 is 23.3 Å². The molecule has 0 bridgehead atoms. The molecule has 0 aliphatic heterocycles. The van der Waals surface area contributed by atoms with Crippen LogP contribution >= 0.6 is 0 Å². The van der Waals surface area contributed by atoms with Gasteiger partial charge in [0, 0.05) is 0 Å². The number of hydrogen-bond donors (Lipinski definition) is 0. The van der Waals surface area contributed by atoms with Crippen molar-refractivity contribution in [2.24, 2.45) is 0 Å². The number of allylic oxidation sites excluding steroid dienone is 1. The number of aryl methyl sites for hydroxylation is 1. The zero-order valence-corrected chi connectivity index (χ0v) is 35.2. The van der Waals surface area contributed by atoms with Crippen molar-refractivity contribution < 1.29 is 27.0 Å². The van der Waals surface area contributed by atoms with Crippen LogP contribution in [-0.4, -0.2) is 42.2 Å². The maximum atomic E-state index is 14.4. The molecule has 4 aromatic carbocycles. The van der Waals surface area contributed by atoms with Gasteiger partial charge in [-0.2, -0.15) is 0 Å². The van der Waals surface area contributed by atoms with Crippen molar-refractivity contribution in [3.05, 3.63) is 135 Å². The third kappa shape index (κ3) is 11.0. The van der Waals surface area contributed by atoms with E-state index in [1.165, 1.54) is 29.9 Å². The molecule has 0 aliphatic rings. The average molecular weight is 867 g/mol. The molecule has 6 aromatic rings. The fraction of sp³-hybridized carbons (Fsp3) is 0.261. The van der Waals surface area contributed by atoms with Crippen molar-refractivity contribution in [2.45, 2.75) is 67.2 Å². The first kappa shape index (κ1) is 42.7. The van der Waals surface area contributed by atoms with E-state index >= 15 is 0 Å². The Hall–Kier alpha value is -4.06. The fourth-order valence-corrected chi connectivity index (χ4v) is 9.86. The van der Waals surface area contributed by atoms with Crippen LogP contribution in [-0.2, 0) is 6.42 Å². The summed E-state index contributed by atoms with van der Waals surface area (Å²) in [5.74, 6) is -3.64. The number of benzene rings is 4. The summed E-state index contributed by atoms with van der Waals surface area (Å²) in [6.45, 7) is 12.8. The third-order valence-electron chi connectivity index (χ3n) is 8.09. The normalized spacial score (nSPS) is 10.8. The van der Waals surface area contributed by atoms with Gasteiger partial charge in [0.2, 0.25) is 0 Å². The summed E-state index contributed by atoms with van der Waals surface area (Å²) in [5, 5.41) is 0. The van der Waals surface area contributed by atoms with Crippen molar-refractivity contribution >= 4 is 35.1 Å². The SMILES string of the molecule is C/C=C/c1ccc(-c2ccc(-c3ccc(OCCC)c(F)c3F)cc2)[se]1.CC.CCCOc1ccc(-c2ccc(-c3ccc(CCC)[se]3)cc2)c(F)c1F. The Morgan fingerprint density at radius 3 is 1.39 bits per heavy atom. The Kier molecular flexibility index (Phi) is 17.2. The molecule has 0 atom stereocenters. The van der Waals surface area contributed by atoms with E-state index in [2.05, 4.69) is 37.3 Å².